The lowest BCUT2D eigenvalue weighted by molar-refractivity contribution is -0.117. The number of carbonyl (C=O) groups is 1. The third kappa shape index (κ3) is 5.71. The zero-order valence-electron chi connectivity index (χ0n) is 17.6. The third-order valence-corrected chi connectivity index (χ3v) is 5.17. The summed E-state index contributed by atoms with van der Waals surface area (Å²) in [5.74, 6) is 0.899. The van der Waals surface area contributed by atoms with Crippen molar-refractivity contribution in [1.29, 1.82) is 0 Å². The minimum Gasteiger partial charge on any atom is -0.357 e. The number of hydrogen-bond donors (Lipinski definition) is 2. The fraction of sp³-hybridized carbons (Fsp3) is 0.476. The number of carbonyl (C=O) groups excluding carboxylic acids is 1. The Morgan fingerprint density at radius 3 is 2.62 bits per heavy atom. The Morgan fingerprint density at radius 2 is 2.00 bits per heavy atom. The number of rotatable bonds is 6. The van der Waals surface area contributed by atoms with Gasteiger partial charge in [0.1, 0.15) is 0 Å². The highest BCUT2D eigenvalue weighted by Crippen LogP contribution is 2.21. The van der Waals surface area contributed by atoms with Crippen molar-refractivity contribution < 1.29 is 4.79 Å². The number of hydrogen-bond acceptors (Lipinski definition) is 3. The molecule has 1 fully saturated rings. The topological polar surface area (TPSA) is 74.5 Å². The monoisotopic (exact) mass is 510 g/mol. The van der Waals surface area contributed by atoms with Crippen LogP contribution in [0.3, 0.4) is 0 Å². The van der Waals surface area contributed by atoms with Gasteiger partial charge in [-0.2, -0.15) is 5.10 Å². The molecule has 29 heavy (non-hydrogen) atoms. The Hall–Kier alpha value is -2.10. The van der Waals surface area contributed by atoms with Crippen molar-refractivity contribution in [3.05, 3.63) is 47.3 Å². The number of aromatic nitrogens is 2. The molecule has 0 radical (unpaired) electrons. The fourth-order valence-corrected chi connectivity index (χ4v) is 3.63. The molecule has 0 saturated carbocycles. The van der Waals surface area contributed by atoms with Crippen LogP contribution < -0.4 is 15.5 Å². The second-order valence-corrected chi connectivity index (χ2v) is 7.17. The van der Waals surface area contributed by atoms with E-state index in [0.29, 0.717) is 19.5 Å². The van der Waals surface area contributed by atoms with Gasteiger partial charge in [-0.15, -0.1) is 24.0 Å². The number of nitrogens with one attached hydrogen (secondary N) is 2. The Bertz CT molecular complexity index is 848. The molecule has 1 amide bonds. The summed E-state index contributed by atoms with van der Waals surface area (Å²) in [7, 11) is 1.97. The summed E-state index contributed by atoms with van der Waals surface area (Å²) >= 11 is 0. The third-order valence-electron chi connectivity index (χ3n) is 5.17. The van der Waals surface area contributed by atoms with Gasteiger partial charge in [0, 0.05) is 44.5 Å². The number of para-hydroxylation sites is 1. The van der Waals surface area contributed by atoms with Crippen LogP contribution in [0.1, 0.15) is 30.3 Å². The number of guanidine groups is 1. The Balaban J connectivity index is 0.00000300. The normalized spacial score (nSPS) is 16.7. The first-order valence-corrected chi connectivity index (χ1v) is 9.89. The first kappa shape index (κ1) is 23.2. The number of anilines is 1. The molecule has 7 nitrogen and oxygen atoms in total. The minimum atomic E-state index is 0. The molecule has 158 valence electrons. The van der Waals surface area contributed by atoms with Gasteiger partial charge in [-0.25, -0.2) is 0 Å². The van der Waals surface area contributed by atoms with Gasteiger partial charge < -0.3 is 15.5 Å². The van der Waals surface area contributed by atoms with Crippen LogP contribution in [0.5, 0.6) is 0 Å². The second kappa shape index (κ2) is 10.6. The van der Waals surface area contributed by atoms with Gasteiger partial charge in [0.15, 0.2) is 5.96 Å². The summed E-state index contributed by atoms with van der Waals surface area (Å²) in [5.41, 5.74) is 4.45. The molecule has 2 N–H and O–H groups in total. The van der Waals surface area contributed by atoms with Crippen LogP contribution in [0.2, 0.25) is 0 Å². The quantitative estimate of drug-likeness (QED) is 0.356. The number of aliphatic imine (C=N–C) groups is 1. The summed E-state index contributed by atoms with van der Waals surface area (Å²) in [6.07, 6.45) is 1.32. The van der Waals surface area contributed by atoms with Gasteiger partial charge >= 0.3 is 0 Å². The summed E-state index contributed by atoms with van der Waals surface area (Å²) < 4.78 is 1.92. The molecule has 1 atom stereocenters. The summed E-state index contributed by atoms with van der Waals surface area (Å²) in [4.78, 5) is 19.0. The van der Waals surface area contributed by atoms with E-state index in [1.165, 1.54) is 11.3 Å². The molecule has 1 aliphatic rings. The maximum atomic E-state index is 12.4. The number of aryl methyl sites for hydroxylation is 2. The molecule has 0 bridgehead atoms. The predicted molar refractivity (Wildman–Crippen MR) is 128 cm³/mol. The first-order valence-electron chi connectivity index (χ1n) is 9.89. The molecule has 2 aromatic rings. The largest absolute Gasteiger partial charge is 0.357 e. The molecular formula is C21H31IN6O. The van der Waals surface area contributed by atoms with Crippen LogP contribution in [0.15, 0.2) is 35.3 Å². The molecule has 1 saturated heterocycles. The fourth-order valence-electron chi connectivity index (χ4n) is 3.63. The summed E-state index contributed by atoms with van der Waals surface area (Å²) in [5, 5.41) is 11.2. The van der Waals surface area contributed by atoms with E-state index in [0.717, 1.165) is 30.3 Å². The van der Waals surface area contributed by atoms with Crippen molar-refractivity contribution in [2.45, 2.75) is 39.7 Å². The van der Waals surface area contributed by atoms with E-state index in [1.807, 2.05) is 60.8 Å². The van der Waals surface area contributed by atoms with Crippen molar-refractivity contribution in [3.8, 4) is 0 Å². The predicted octanol–water partition coefficient (Wildman–Crippen LogP) is 2.56. The Labute approximate surface area is 190 Å². The highest BCUT2D eigenvalue weighted by atomic mass is 127. The van der Waals surface area contributed by atoms with Crippen molar-refractivity contribution in [3.63, 3.8) is 0 Å². The minimum absolute atomic E-state index is 0. The molecule has 0 spiro atoms. The lowest BCUT2D eigenvalue weighted by atomic mass is 10.1. The molecule has 3 rings (SSSR count). The number of halogens is 1. The van der Waals surface area contributed by atoms with Crippen molar-refractivity contribution in [2.75, 3.05) is 24.5 Å². The van der Waals surface area contributed by atoms with E-state index < -0.39 is 0 Å². The van der Waals surface area contributed by atoms with Gasteiger partial charge in [0.25, 0.3) is 0 Å². The SMILES string of the molecule is CCNC(=NCCc1c(C)nn(C)c1C)NC1CC(=O)N(c2ccccc2)C1.I. The van der Waals surface area contributed by atoms with E-state index in [4.69, 9.17) is 4.99 Å². The van der Waals surface area contributed by atoms with Crippen molar-refractivity contribution in [2.24, 2.45) is 12.0 Å². The van der Waals surface area contributed by atoms with Crippen LogP contribution in [-0.2, 0) is 18.3 Å². The molecule has 1 aromatic heterocycles. The van der Waals surface area contributed by atoms with Crippen LogP contribution in [0, 0.1) is 13.8 Å². The highest BCUT2D eigenvalue weighted by molar-refractivity contribution is 14.0. The number of amides is 1. The van der Waals surface area contributed by atoms with Crippen LogP contribution in [0.4, 0.5) is 5.69 Å². The molecule has 1 aromatic carbocycles. The van der Waals surface area contributed by atoms with E-state index in [2.05, 4.69) is 22.7 Å². The molecule has 1 aliphatic heterocycles. The van der Waals surface area contributed by atoms with Crippen molar-refractivity contribution in [1.82, 2.24) is 20.4 Å². The van der Waals surface area contributed by atoms with Crippen LogP contribution in [-0.4, -0.2) is 47.3 Å². The zero-order valence-corrected chi connectivity index (χ0v) is 19.9. The Kier molecular flexibility index (Phi) is 8.48. The van der Waals surface area contributed by atoms with Crippen molar-refractivity contribution >= 4 is 41.5 Å². The zero-order chi connectivity index (χ0) is 20.1. The smallest absolute Gasteiger partial charge is 0.229 e. The van der Waals surface area contributed by atoms with Gasteiger partial charge in [0.05, 0.1) is 11.7 Å². The van der Waals surface area contributed by atoms with Crippen LogP contribution >= 0.6 is 24.0 Å². The van der Waals surface area contributed by atoms with Crippen LogP contribution in [0.25, 0.3) is 0 Å². The lowest BCUT2D eigenvalue weighted by Gasteiger charge is -2.19. The molecule has 1 unspecified atom stereocenters. The number of nitrogens with zero attached hydrogens (tertiary/aromatic N) is 4. The standard InChI is InChI=1S/C21H30N6O.HI/c1-5-22-21(23-12-11-19-15(2)25-26(4)16(19)3)24-17-13-20(28)27(14-17)18-9-7-6-8-10-18;/h6-10,17H,5,11-14H2,1-4H3,(H2,22,23,24);1H. The van der Waals surface area contributed by atoms with E-state index in [-0.39, 0.29) is 35.9 Å². The molecule has 0 aliphatic carbocycles. The van der Waals surface area contributed by atoms with Gasteiger partial charge in [-0.3, -0.25) is 14.5 Å². The van der Waals surface area contributed by atoms with Gasteiger partial charge in [-0.1, -0.05) is 18.2 Å². The summed E-state index contributed by atoms with van der Waals surface area (Å²) in [6, 6.07) is 9.86. The first-order chi connectivity index (χ1) is 13.5. The highest BCUT2D eigenvalue weighted by Gasteiger charge is 2.31. The maximum Gasteiger partial charge on any atom is 0.229 e. The number of benzene rings is 1. The average molecular weight is 510 g/mol. The molecular weight excluding hydrogens is 479 g/mol. The van der Waals surface area contributed by atoms with E-state index in [9.17, 15) is 4.79 Å². The summed E-state index contributed by atoms with van der Waals surface area (Å²) in [6.45, 7) is 8.27. The maximum absolute atomic E-state index is 12.4. The lowest BCUT2D eigenvalue weighted by Crippen LogP contribution is -2.44. The van der Waals surface area contributed by atoms with E-state index in [1.54, 1.807) is 0 Å². The van der Waals surface area contributed by atoms with Gasteiger partial charge in [-0.05, 0) is 44.9 Å². The average Bonchev–Trinajstić information content (AvgIpc) is 3.16. The second-order valence-electron chi connectivity index (χ2n) is 7.17. The Morgan fingerprint density at radius 1 is 1.28 bits per heavy atom. The molecule has 8 heteroatoms. The molecule has 2 heterocycles. The van der Waals surface area contributed by atoms with E-state index >= 15 is 0 Å². The van der Waals surface area contributed by atoms with Gasteiger partial charge in [0.2, 0.25) is 5.91 Å².